The van der Waals surface area contributed by atoms with E-state index >= 15 is 0 Å². The lowest BCUT2D eigenvalue weighted by Gasteiger charge is -1.98. The fraction of sp³-hybridized carbons (Fsp3) is 0.857. The molecule has 1 saturated heterocycles. The van der Waals surface area contributed by atoms with Crippen LogP contribution in [0.1, 0.15) is 6.42 Å². The quantitative estimate of drug-likeness (QED) is 0.414. The maximum absolute atomic E-state index is 8.41. The van der Waals surface area contributed by atoms with Crippen LogP contribution in [0.4, 0.5) is 0 Å². The van der Waals surface area contributed by atoms with Crippen LogP contribution in [-0.2, 0) is 4.74 Å². The van der Waals surface area contributed by atoms with Gasteiger partial charge in [0.2, 0.25) is 0 Å². The van der Waals surface area contributed by atoms with Crippen LogP contribution in [0.5, 0.6) is 0 Å². The fourth-order valence-electron chi connectivity index (χ4n) is 0.957. The Balaban J connectivity index is 1.93. The van der Waals surface area contributed by atoms with Gasteiger partial charge in [-0.15, -0.1) is 0 Å². The predicted octanol–water partition coefficient (Wildman–Crippen LogP) is 0.231. The second kappa shape index (κ2) is 3.55. The van der Waals surface area contributed by atoms with Crippen LogP contribution in [0.25, 0.3) is 0 Å². The Kier molecular flexibility index (Phi) is 2.67. The molecule has 0 saturated carbocycles. The predicted molar refractivity (Wildman–Crippen MR) is 37.5 cm³/mol. The van der Waals surface area contributed by atoms with Crippen LogP contribution in [0.2, 0.25) is 0 Å². The zero-order valence-corrected chi connectivity index (χ0v) is 6.21. The standard InChI is InChI=1S/C7H12N2O/c1-10-4-2-3-9-6-7(9)5-8/h7H,2-4,6H2,1H3. The monoisotopic (exact) mass is 140 g/mol. The molecule has 1 heterocycles. The molecule has 0 bridgehead atoms. The van der Waals surface area contributed by atoms with Crippen molar-refractivity contribution in [3.8, 4) is 6.07 Å². The van der Waals surface area contributed by atoms with Crippen molar-refractivity contribution in [2.75, 3.05) is 26.8 Å². The molecular formula is C7H12N2O. The minimum Gasteiger partial charge on any atom is -0.385 e. The highest BCUT2D eigenvalue weighted by Gasteiger charge is 2.32. The minimum absolute atomic E-state index is 0.205. The van der Waals surface area contributed by atoms with Crippen LogP contribution >= 0.6 is 0 Å². The normalized spacial score (nSPS) is 29.6. The third kappa shape index (κ3) is 1.98. The average molecular weight is 140 g/mol. The summed E-state index contributed by atoms with van der Waals surface area (Å²) in [7, 11) is 1.70. The van der Waals surface area contributed by atoms with Crippen molar-refractivity contribution in [2.24, 2.45) is 0 Å². The summed E-state index contributed by atoms with van der Waals surface area (Å²) in [6, 6.07) is 2.41. The number of ether oxygens (including phenoxy) is 1. The molecule has 3 nitrogen and oxygen atoms in total. The van der Waals surface area contributed by atoms with Gasteiger partial charge in [-0.05, 0) is 6.42 Å². The molecule has 1 aliphatic heterocycles. The van der Waals surface area contributed by atoms with Gasteiger partial charge >= 0.3 is 0 Å². The van der Waals surface area contributed by atoms with Gasteiger partial charge < -0.3 is 4.74 Å². The molecule has 1 rings (SSSR count). The van der Waals surface area contributed by atoms with E-state index in [0.717, 1.165) is 26.1 Å². The van der Waals surface area contributed by atoms with E-state index in [0.29, 0.717) is 0 Å². The molecule has 0 aromatic rings. The Hall–Kier alpha value is -0.590. The Morgan fingerprint density at radius 3 is 3.10 bits per heavy atom. The third-order valence-electron chi connectivity index (χ3n) is 1.66. The van der Waals surface area contributed by atoms with Crippen LogP contribution in [0, 0.1) is 11.3 Å². The minimum atomic E-state index is 0.205. The highest BCUT2D eigenvalue weighted by molar-refractivity contribution is 5.05. The van der Waals surface area contributed by atoms with Crippen molar-refractivity contribution in [3.05, 3.63) is 0 Å². The first kappa shape index (κ1) is 7.52. The first-order valence-electron chi connectivity index (χ1n) is 3.51. The Bertz CT molecular complexity index is 141. The molecular weight excluding hydrogens is 128 g/mol. The number of methoxy groups -OCH3 is 1. The lowest BCUT2D eigenvalue weighted by molar-refractivity contribution is 0.189. The third-order valence-corrected chi connectivity index (χ3v) is 1.66. The van der Waals surface area contributed by atoms with Gasteiger partial charge in [-0.2, -0.15) is 5.26 Å². The summed E-state index contributed by atoms with van der Waals surface area (Å²) in [5, 5.41) is 8.41. The van der Waals surface area contributed by atoms with Gasteiger partial charge in [0.1, 0.15) is 6.04 Å². The van der Waals surface area contributed by atoms with Gasteiger partial charge in [-0.3, -0.25) is 4.90 Å². The molecule has 0 N–H and O–H groups in total. The smallest absolute Gasteiger partial charge is 0.111 e. The number of nitriles is 1. The molecule has 10 heavy (non-hydrogen) atoms. The second-order valence-corrected chi connectivity index (χ2v) is 2.49. The molecule has 0 radical (unpaired) electrons. The van der Waals surface area contributed by atoms with Crippen molar-refractivity contribution in [3.63, 3.8) is 0 Å². The molecule has 0 aromatic heterocycles. The Morgan fingerprint density at radius 1 is 1.80 bits per heavy atom. The van der Waals surface area contributed by atoms with E-state index in [-0.39, 0.29) is 6.04 Å². The van der Waals surface area contributed by atoms with Gasteiger partial charge in [0, 0.05) is 26.8 Å². The summed E-state index contributed by atoms with van der Waals surface area (Å²) < 4.78 is 4.88. The summed E-state index contributed by atoms with van der Waals surface area (Å²) in [4.78, 5) is 2.14. The highest BCUT2D eigenvalue weighted by atomic mass is 16.5. The van der Waals surface area contributed by atoms with E-state index < -0.39 is 0 Å². The topological polar surface area (TPSA) is 36.0 Å². The average Bonchev–Trinajstić information content (AvgIpc) is 2.68. The zero-order chi connectivity index (χ0) is 7.40. The first-order chi connectivity index (χ1) is 4.88. The molecule has 0 spiro atoms. The molecule has 2 atom stereocenters. The Labute approximate surface area is 61.2 Å². The van der Waals surface area contributed by atoms with Gasteiger partial charge in [-0.25, -0.2) is 0 Å². The summed E-state index contributed by atoms with van der Waals surface area (Å²) in [6.45, 7) is 2.76. The second-order valence-electron chi connectivity index (χ2n) is 2.49. The SMILES string of the molecule is COCCCN1CC1C#N. The van der Waals surface area contributed by atoms with E-state index in [9.17, 15) is 0 Å². The molecule has 1 fully saturated rings. The number of hydrogen-bond donors (Lipinski definition) is 0. The lowest BCUT2D eigenvalue weighted by atomic mass is 10.4. The highest BCUT2D eigenvalue weighted by Crippen LogP contribution is 2.15. The number of rotatable bonds is 4. The maximum Gasteiger partial charge on any atom is 0.111 e. The summed E-state index contributed by atoms with van der Waals surface area (Å²) in [5.41, 5.74) is 0. The molecule has 0 amide bonds. The van der Waals surface area contributed by atoms with E-state index in [1.165, 1.54) is 0 Å². The van der Waals surface area contributed by atoms with Gasteiger partial charge in [0.05, 0.1) is 6.07 Å². The van der Waals surface area contributed by atoms with Crippen LogP contribution < -0.4 is 0 Å². The molecule has 56 valence electrons. The van der Waals surface area contributed by atoms with Crippen molar-refractivity contribution in [1.29, 1.82) is 5.26 Å². The van der Waals surface area contributed by atoms with Crippen molar-refractivity contribution < 1.29 is 4.74 Å². The molecule has 2 unspecified atom stereocenters. The molecule has 3 heteroatoms. The zero-order valence-electron chi connectivity index (χ0n) is 6.21. The number of nitrogens with zero attached hydrogens (tertiary/aromatic N) is 2. The molecule has 0 aliphatic carbocycles. The maximum atomic E-state index is 8.41. The van der Waals surface area contributed by atoms with E-state index in [1.807, 2.05) is 0 Å². The molecule has 1 aliphatic rings. The van der Waals surface area contributed by atoms with Gasteiger partial charge in [-0.1, -0.05) is 0 Å². The number of hydrogen-bond acceptors (Lipinski definition) is 3. The van der Waals surface area contributed by atoms with E-state index in [4.69, 9.17) is 10.00 Å². The molecule has 0 aromatic carbocycles. The van der Waals surface area contributed by atoms with Crippen molar-refractivity contribution in [2.45, 2.75) is 12.5 Å². The largest absolute Gasteiger partial charge is 0.385 e. The van der Waals surface area contributed by atoms with Crippen LogP contribution in [0.15, 0.2) is 0 Å². The van der Waals surface area contributed by atoms with Gasteiger partial charge in [0.15, 0.2) is 0 Å². The van der Waals surface area contributed by atoms with E-state index in [2.05, 4.69) is 11.0 Å². The fourth-order valence-corrected chi connectivity index (χ4v) is 0.957. The first-order valence-corrected chi connectivity index (χ1v) is 3.51. The lowest BCUT2D eigenvalue weighted by Crippen LogP contribution is -2.05. The van der Waals surface area contributed by atoms with Crippen molar-refractivity contribution in [1.82, 2.24) is 4.90 Å². The van der Waals surface area contributed by atoms with Crippen molar-refractivity contribution >= 4 is 0 Å². The summed E-state index contributed by atoms with van der Waals surface area (Å²) in [6.07, 6.45) is 1.04. The van der Waals surface area contributed by atoms with Crippen LogP contribution in [-0.4, -0.2) is 37.7 Å². The van der Waals surface area contributed by atoms with Crippen LogP contribution in [0.3, 0.4) is 0 Å². The van der Waals surface area contributed by atoms with E-state index in [1.54, 1.807) is 7.11 Å². The summed E-state index contributed by atoms with van der Waals surface area (Å²) in [5.74, 6) is 0. The van der Waals surface area contributed by atoms with Gasteiger partial charge in [0.25, 0.3) is 0 Å². The Morgan fingerprint density at radius 2 is 2.60 bits per heavy atom. The summed E-state index contributed by atoms with van der Waals surface area (Å²) >= 11 is 0.